The number of carbonyl (C=O) groups excluding carboxylic acids is 1. The maximum atomic E-state index is 11.1. The van der Waals surface area contributed by atoms with E-state index in [0.717, 1.165) is 17.1 Å². The average Bonchev–Trinajstić information content (AvgIpc) is 2.27. The van der Waals surface area contributed by atoms with Crippen molar-refractivity contribution >= 4 is 17.6 Å². The Labute approximate surface area is 107 Å². The molecule has 1 aromatic rings. The second kappa shape index (κ2) is 7.30. The first-order valence-electron chi connectivity index (χ1n) is 5.75. The first-order valence-corrected chi connectivity index (χ1v) is 6.12. The van der Waals surface area contributed by atoms with Gasteiger partial charge in [-0.2, -0.15) is 0 Å². The molecular formula is C13H18ClNO2. The number of rotatable bonds is 6. The van der Waals surface area contributed by atoms with Gasteiger partial charge in [-0.25, -0.2) is 0 Å². The Hall–Kier alpha value is -1.06. The summed E-state index contributed by atoms with van der Waals surface area (Å²) in [5, 5.41) is 3.96. The van der Waals surface area contributed by atoms with Crippen LogP contribution in [-0.4, -0.2) is 19.1 Å². The van der Waals surface area contributed by atoms with Crippen molar-refractivity contribution in [3.63, 3.8) is 0 Å². The second-order valence-corrected chi connectivity index (χ2v) is 4.24. The van der Waals surface area contributed by atoms with Crippen LogP contribution >= 0.6 is 11.6 Å². The highest BCUT2D eigenvalue weighted by Crippen LogP contribution is 2.14. The molecule has 94 valence electrons. The van der Waals surface area contributed by atoms with E-state index >= 15 is 0 Å². The van der Waals surface area contributed by atoms with E-state index in [1.807, 2.05) is 32.0 Å². The number of ether oxygens (including phenoxy) is 1. The molecule has 0 aromatic heterocycles. The molecule has 0 saturated heterocycles. The van der Waals surface area contributed by atoms with E-state index in [4.69, 9.17) is 16.3 Å². The van der Waals surface area contributed by atoms with Gasteiger partial charge >= 0.3 is 5.97 Å². The number of carbonyl (C=O) groups is 1. The third-order valence-electron chi connectivity index (χ3n) is 2.43. The topological polar surface area (TPSA) is 38.3 Å². The van der Waals surface area contributed by atoms with Gasteiger partial charge in [-0.3, -0.25) is 4.79 Å². The minimum atomic E-state index is -0.159. The normalized spacial score (nSPS) is 10.3. The Morgan fingerprint density at radius 1 is 1.47 bits per heavy atom. The lowest BCUT2D eigenvalue weighted by atomic mass is 10.1. The molecule has 0 radical (unpaired) electrons. The van der Waals surface area contributed by atoms with Gasteiger partial charge in [0, 0.05) is 18.1 Å². The van der Waals surface area contributed by atoms with Crippen LogP contribution in [0.1, 0.15) is 24.5 Å². The number of aryl methyl sites for hydroxylation is 1. The second-order valence-electron chi connectivity index (χ2n) is 3.80. The third kappa shape index (κ3) is 5.20. The lowest BCUT2D eigenvalue weighted by Crippen LogP contribution is -2.19. The Kier molecular flexibility index (Phi) is 6.01. The van der Waals surface area contributed by atoms with E-state index < -0.39 is 0 Å². The van der Waals surface area contributed by atoms with Crippen molar-refractivity contribution in [1.29, 1.82) is 0 Å². The molecule has 1 N–H and O–H groups in total. The minimum absolute atomic E-state index is 0.159. The molecule has 0 bridgehead atoms. The fourth-order valence-electron chi connectivity index (χ4n) is 1.50. The van der Waals surface area contributed by atoms with Crippen LogP contribution in [0.3, 0.4) is 0 Å². The summed E-state index contributed by atoms with van der Waals surface area (Å²) >= 11 is 5.87. The molecule has 0 atom stereocenters. The van der Waals surface area contributed by atoms with Gasteiger partial charge in [-0.1, -0.05) is 17.7 Å². The number of halogens is 1. The Balaban J connectivity index is 2.29. The third-order valence-corrected chi connectivity index (χ3v) is 2.67. The molecule has 0 amide bonds. The molecular weight excluding hydrogens is 238 g/mol. The van der Waals surface area contributed by atoms with Gasteiger partial charge in [-0.05, 0) is 37.1 Å². The SMILES string of the molecule is CCOC(=O)CCNCc1ccc(Cl)cc1C. The Bertz CT molecular complexity index is 380. The van der Waals surface area contributed by atoms with E-state index in [9.17, 15) is 4.79 Å². The maximum Gasteiger partial charge on any atom is 0.307 e. The zero-order valence-corrected chi connectivity index (χ0v) is 11.0. The molecule has 0 heterocycles. The van der Waals surface area contributed by atoms with Crippen molar-refractivity contribution in [1.82, 2.24) is 5.32 Å². The fourth-order valence-corrected chi connectivity index (χ4v) is 1.73. The molecule has 0 unspecified atom stereocenters. The summed E-state index contributed by atoms with van der Waals surface area (Å²) in [5.74, 6) is -0.159. The highest BCUT2D eigenvalue weighted by Gasteiger charge is 2.02. The molecule has 0 spiro atoms. The van der Waals surface area contributed by atoms with E-state index in [1.165, 1.54) is 5.56 Å². The van der Waals surface area contributed by atoms with Gasteiger partial charge in [-0.15, -0.1) is 0 Å². The van der Waals surface area contributed by atoms with Crippen LogP contribution in [0.2, 0.25) is 5.02 Å². The molecule has 17 heavy (non-hydrogen) atoms. The van der Waals surface area contributed by atoms with Gasteiger partial charge in [0.25, 0.3) is 0 Å². The van der Waals surface area contributed by atoms with Crippen LogP contribution in [0.5, 0.6) is 0 Å². The lowest BCUT2D eigenvalue weighted by Gasteiger charge is -2.08. The lowest BCUT2D eigenvalue weighted by molar-refractivity contribution is -0.142. The average molecular weight is 256 g/mol. The highest BCUT2D eigenvalue weighted by atomic mass is 35.5. The predicted octanol–water partition coefficient (Wildman–Crippen LogP) is 2.69. The van der Waals surface area contributed by atoms with Crippen molar-refractivity contribution < 1.29 is 9.53 Å². The summed E-state index contributed by atoms with van der Waals surface area (Å²) in [6, 6.07) is 5.80. The highest BCUT2D eigenvalue weighted by molar-refractivity contribution is 6.30. The van der Waals surface area contributed by atoms with Crippen LogP contribution in [0.15, 0.2) is 18.2 Å². The molecule has 0 saturated carbocycles. The fraction of sp³-hybridized carbons (Fsp3) is 0.462. The van der Waals surface area contributed by atoms with Crippen molar-refractivity contribution in [3.05, 3.63) is 34.3 Å². The van der Waals surface area contributed by atoms with Crippen LogP contribution in [0, 0.1) is 6.92 Å². The molecule has 0 aliphatic carbocycles. The van der Waals surface area contributed by atoms with Crippen LogP contribution < -0.4 is 5.32 Å². The van der Waals surface area contributed by atoms with Crippen molar-refractivity contribution in [2.75, 3.05) is 13.2 Å². The van der Waals surface area contributed by atoms with Gasteiger partial charge in [0.15, 0.2) is 0 Å². The number of hydrogen-bond acceptors (Lipinski definition) is 3. The van der Waals surface area contributed by atoms with E-state index in [0.29, 0.717) is 19.6 Å². The first kappa shape index (κ1) is 14.0. The van der Waals surface area contributed by atoms with Gasteiger partial charge < -0.3 is 10.1 Å². The monoisotopic (exact) mass is 255 g/mol. The summed E-state index contributed by atoms with van der Waals surface area (Å²) in [6.45, 7) is 5.63. The molecule has 1 rings (SSSR count). The molecule has 0 aliphatic heterocycles. The van der Waals surface area contributed by atoms with E-state index in [2.05, 4.69) is 5.32 Å². The zero-order chi connectivity index (χ0) is 12.7. The Morgan fingerprint density at radius 2 is 2.24 bits per heavy atom. The zero-order valence-electron chi connectivity index (χ0n) is 10.3. The van der Waals surface area contributed by atoms with Gasteiger partial charge in [0.2, 0.25) is 0 Å². The van der Waals surface area contributed by atoms with Gasteiger partial charge in [0.1, 0.15) is 0 Å². The maximum absolute atomic E-state index is 11.1. The molecule has 1 aromatic carbocycles. The largest absolute Gasteiger partial charge is 0.466 e. The minimum Gasteiger partial charge on any atom is -0.466 e. The van der Waals surface area contributed by atoms with E-state index in [1.54, 1.807) is 0 Å². The summed E-state index contributed by atoms with van der Waals surface area (Å²) in [4.78, 5) is 11.1. The molecule has 0 aliphatic rings. The number of benzene rings is 1. The van der Waals surface area contributed by atoms with Gasteiger partial charge in [0.05, 0.1) is 13.0 Å². The standard InChI is InChI=1S/C13H18ClNO2/c1-3-17-13(16)6-7-15-9-11-4-5-12(14)8-10(11)2/h4-5,8,15H,3,6-7,9H2,1-2H3. The number of nitrogens with one attached hydrogen (secondary N) is 1. The van der Waals surface area contributed by atoms with Crippen molar-refractivity contribution in [2.24, 2.45) is 0 Å². The van der Waals surface area contributed by atoms with Crippen LogP contribution in [0.4, 0.5) is 0 Å². The predicted molar refractivity (Wildman–Crippen MR) is 69.1 cm³/mol. The van der Waals surface area contributed by atoms with Crippen molar-refractivity contribution in [2.45, 2.75) is 26.8 Å². The summed E-state index contributed by atoms with van der Waals surface area (Å²) < 4.78 is 4.84. The van der Waals surface area contributed by atoms with Crippen LogP contribution in [0.25, 0.3) is 0 Å². The number of esters is 1. The summed E-state index contributed by atoms with van der Waals surface area (Å²) in [7, 11) is 0. The van der Waals surface area contributed by atoms with Crippen molar-refractivity contribution in [3.8, 4) is 0 Å². The van der Waals surface area contributed by atoms with E-state index in [-0.39, 0.29) is 5.97 Å². The first-order chi connectivity index (χ1) is 8.13. The smallest absolute Gasteiger partial charge is 0.307 e. The molecule has 3 nitrogen and oxygen atoms in total. The number of hydrogen-bond donors (Lipinski definition) is 1. The molecule has 4 heteroatoms. The summed E-state index contributed by atoms with van der Waals surface area (Å²) in [5.41, 5.74) is 2.35. The summed E-state index contributed by atoms with van der Waals surface area (Å²) in [6.07, 6.45) is 0.403. The Morgan fingerprint density at radius 3 is 2.88 bits per heavy atom. The van der Waals surface area contributed by atoms with Crippen LogP contribution in [-0.2, 0) is 16.1 Å². The molecule has 0 fully saturated rings. The quantitative estimate of drug-likeness (QED) is 0.627.